The van der Waals surface area contributed by atoms with E-state index in [9.17, 15) is 9.90 Å². The van der Waals surface area contributed by atoms with Crippen LogP contribution in [0.3, 0.4) is 0 Å². The van der Waals surface area contributed by atoms with Crippen molar-refractivity contribution in [2.75, 3.05) is 32.1 Å². The third-order valence-corrected chi connectivity index (χ3v) is 5.16. The minimum Gasteiger partial charge on any atom is -0.390 e. The molecule has 1 unspecified atom stereocenters. The second kappa shape index (κ2) is 8.52. The Labute approximate surface area is 163 Å². The van der Waals surface area contributed by atoms with Crippen molar-refractivity contribution in [2.24, 2.45) is 0 Å². The molecule has 1 amide bonds. The lowest BCUT2D eigenvalue weighted by Gasteiger charge is -2.24. The number of aliphatic hydroxyl groups is 1. The summed E-state index contributed by atoms with van der Waals surface area (Å²) in [5, 5.41) is 13.6. The second-order valence-corrected chi connectivity index (χ2v) is 8.63. The van der Waals surface area contributed by atoms with E-state index in [-0.39, 0.29) is 11.7 Å². The maximum Gasteiger partial charge on any atom is 0.291 e. The van der Waals surface area contributed by atoms with Crippen LogP contribution < -0.4 is 10.2 Å². The number of aryl methyl sites for hydroxylation is 1. The fourth-order valence-electron chi connectivity index (χ4n) is 3.36. The summed E-state index contributed by atoms with van der Waals surface area (Å²) in [7, 11) is 3.43. The average molecular weight is 378 g/mol. The maximum atomic E-state index is 12.3. The van der Waals surface area contributed by atoms with Crippen LogP contribution in [0.5, 0.6) is 0 Å². The van der Waals surface area contributed by atoms with E-state index in [1.807, 2.05) is 27.7 Å². The van der Waals surface area contributed by atoms with E-state index in [1.54, 1.807) is 14.1 Å². The zero-order valence-corrected chi connectivity index (χ0v) is 17.8. The highest BCUT2D eigenvalue weighted by atomic mass is 16.3. The van der Waals surface area contributed by atoms with Crippen molar-refractivity contribution in [3.8, 4) is 0 Å². The van der Waals surface area contributed by atoms with E-state index >= 15 is 0 Å². The topological polar surface area (TPSA) is 81.6 Å². The molecule has 1 aliphatic heterocycles. The summed E-state index contributed by atoms with van der Waals surface area (Å²) < 4.78 is 0. The molecule has 7 heteroatoms. The van der Waals surface area contributed by atoms with Crippen LogP contribution >= 0.6 is 0 Å². The zero-order valence-electron chi connectivity index (χ0n) is 17.8. The molecule has 1 saturated heterocycles. The van der Waals surface area contributed by atoms with Crippen LogP contribution in [0.4, 0.5) is 5.82 Å². The predicted molar refractivity (Wildman–Crippen MR) is 108 cm³/mol. The first-order valence-corrected chi connectivity index (χ1v) is 9.78. The van der Waals surface area contributed by atoms with Gasteiger partial charge in [-0.3, -0.25) is 4.79 Å². The lowest BCUT2D eigenvalue weighted by atomic mass is 9.99. The second-order valence-electron chi connectivity index (χ2n) is 8.63. The Morgan fingerprint density at radius 3 is 2.63 bits per heavy atom. The monoisotopic (exact) mass is 377 g/mol. The molecule has 1 aromatic heterocycles. The number of rotatable bonds is 7. The summed E-state index contributed by atoms with van der Waals surface area (Å²) in [5.41, 5.74) is 1.25. The summed E-state index contributed by atoms with van der Waals surface area (Å²) in [6.45, 7) is 11.6. The van der Waals surface area contributed by atoms with Gasteiger partial charge in [0.2, 0.25) is 5.82 Å². The molecule has 1 aliphatic rings. The first kappa shape index (κ1) is 21.6. The number of nitrogens with one attached hydrogen (secondary N) is 1. The van der Waals surface area contributed by atoms with E-state index in [4.69, 9.17) is 0 Å². The number of amides is 1. The molecule has 1 aromatic rings. The maximum absolute atomic E-state index is 12.3. The Kier molecular flexibility index (Phi) is 6.81. The van der Waals surface area contributed by atoms with Crippen molar-refractivity contribution in [2.45, 2.75) is 71.6 Å². The SMILES string of the molecule is Cc1nc(C(=O)N(C)C)nc(N2CC[C@@H](NC(C)CCC(C)(C)O)C2)c1C. The number of aromatic nitrogens is 2. The van der Waals surface area contributed by atoms with E-state index < -0.39 is 5.60 Å². The molecule has 27 heavy (non-hydrogen) atoms. The number of anilines is 1. The van der Waals surface area contributed by atoms with Crippen molar-refractivity contribution >= 4 is 11.7 Å². The van der Waals surface area contributed by atoms with Crippen LogP contribution in [-0.4, -0.2) is 70.8 Å². The molecule has 2 atom stereocenters. The zero-order chi connectivity index (χ0) is 20.4. The molecule has 2 rings (SSSR count). The molecule has 0 radical (unpaired) electrons. The first-order chi connectivity index (χ1) is 12.5. The minimum atomic E-state index is -0.622. The Morgan fingerprint density at radius 1 is 1.37 bits per heavy atom. The van der Waals surface area contributed by atoms with Crippen molar-refractivity contribution < 1.29 is 9.90 Å². The fourth-order valence-corrected chi connectivity index (χ4v) is 3.36. The van der Waals surface area contributed by atoms with Crippen LogP contribution in [0, 0.1) is 13.8 Å². The predicted octanol–water partition coefficient (Wildman–Crippen LogP) is 1.90. The number of carbonyl (C=O) groups is 1. The molecule has 0 saturated carbocycles. The smallest absolute Gasteiger partial charge is 0.291 e. The Bertz CT molecular complexity index is 669. The molecule has 2 heterocycles. The molecule has 0 spiro atoms. The van der Waals surface area contributed by atoms with Gasteiger partial charge in [0.05, 0.1) is 5.60 Å². The van der Waals surface area contributed by atoms with Gasteiger partial charge in [-0.2, -0.15) is 0 Å². The van der Waals surface area contributed by atoms with Crippen LogP contribution in [0.2, 0.25) is 0 Å². The van der Waals surface area contributed by atoms with Gasteiger partial charge in [-0.15, -0.1) is 0 Å². The van der Waals surface area contributed by atoms with Crippen molar-refractivity contribution in [3.05, 3.63) is 17.1 Å². The number of nitrogens with zero attached hydrogens (tertiary/aromatic N) is 4. The van der Waals surface area contributed by atoms with Gasteiger partial charge in [0.25, 0.3) is 5.91 Å². The lowest BCUT2D eigenvalue weighted by Crippen LogP contribution is -2.39. The Hall–Kier alpha value is -1.73. The number of hydrogen-bond acceptors (Lipinski definition) is 6. The van der Waals surface area contributed by atoms with Gasteiger partial charge in [-0.25, -0.2) is 9.97 Å². The van der Waals surface area contributed by atoms with Gasteiger partial charge in [-0.1, -0.05) is 0 Å². The van der Waals surface area contributed by atoms with E-state index in [0.29, 0.717) is 12.1 Å². The summed E-state index contributed by atoms with van der Waals surface area (Å²) in [6.07, 6.45) is 2.75. The number of carbonyl (C=O) groups excluding carboxylic acids is 1. The van der Waals surface area contributed by atoms with Gasteiger partial charge in [-0.05, 0) is 53.9 Å². The average Bonchev–Trinajstić information content (AvgIpc) is 3.02. The van der Waals surface area contributed by atoms with Crippen molar-refractivity contribution in [1.29, 1.82) is 0 Å². The Balaban J connectivity index is 2.05. The minimum absolute atomic E-state index is 0.173. The van der Waals surface area contributed by atoms with Gasteiger partial charge < -0.3 is 20.2 Å². The number of hydrogen-bond donors (Lipinski definition) is 2. The molecule has 1 fully saturated rings. The first-order valence-electron chi connectivity index (χ1n) is 9.78. The molecule has 152 valence electrons. The summed E-state index contributed by atoms with van der Waals surface area (Å²) in [5.74, 6) is 0.947. The third-order valence-electron chi connectivity index (χ3n) is 5.16. The van der Waals surface area contributed by atoms with Crippen LogP contribution in [-0.2, 0) is 0 Å². The summed E-state index contributed by atoms with van der Waals surface area (Å²) in [6, 6.07) is 0.727. The molecule has 0 aromatic carbocycles. The molecule has 0 aliphatic carbocycles. The van der Waals surface area contributed by atoms with E-state index in [2.05, 4.69) is 27.1 Å². The largest absolute Gasteiger partial charge is 0.390 e. The standard InChI is InChI=1S/C20H35N5O2/c1-13(8-10-20(4,5)27)21-16-9-11-25(12-16)18-14(2)15(3)22-17(23-18)19(26)24(6)7/h13,16,21,27H,8-12H2,1-7H3/t13?,16-/m1/s1. The van der Waals surface area contributed by atoms with E-state index in [0.717, 1.165) is 49.4 Å². The normalized spacial score (nSPS) is 18.7. The van der Waals surface area contributed by atoms with Gasteiger partial charge in [0, 0.05) is 50.5 Å². The van der Waals surface area contributed by atoms with Gasteiger partial charge in [0.1, 0.15) is 5.82 Å². The fraction of sp³-hybridized carbons (Fsp3) is 0.750. The lowest BCUT2D eigenvalue weighted by molar-refractivity contribution is 0.0656. The molecular formula is C20H35N5O2. The van der Waals surface area contributed by atoms with Crippen LogP contribution in [0.25, 0.3) is 0 Å². The van der Waals surface area contributed by atoms with E-state index in [1.165, 1.54) is 4.90 Å². The van der Waals surface area contributed by atoms with Crippen LogP contribution in [0.1, 0.15) is 61.9 Å². The third kappa shape index (κ3) is 5.87. The molecule has 2 N–H and O–H groups in total. The Morgan fingerprint density at radius 2 is 2.04 bits per heavy atom. The molecular weight excluding hydrogens is 342 g/mol. The van der Waals surface area contributed by atoms with Crippen LogP contribution in [0.15, 0.2) is 0 Å². The summed E-state index contributed by atoms with van der Waals surface area (Å²) in [4.78, 5) is 25.0. The highest BCUT2D eigenvalue weighted by molar-refractivity contribution is 5.90. The molecule has 7 nitrogen and oxygen atoms in total. The summed E-state index contributed by atoms with van der Waals surface area (Å²) >= 11 is 0. The quantitative estimate of drug-likeness (QED) is 0.755. The van der Waals surface area contributed by atoms with Crippen molar-refractivity contribution in [3.63, 3.8) is 0 Å². The van der Waals surface area contributed by atoms with Crippen molar-refractivity contribution in [1.82, 2.24) is 20.2 Å². The van der Waals surface area contributed by atoms with Gasteiger partial charge >= 0.3 is 0 Å². The highest BCUT2D eigenvalue weighted by Gasteiger charge is 2.28. The molecule has 0 bridgehead atoms. The highest BCUT2D eigenvalue weighted by Crippen LogP contribution is 2.24. The van der Waals surface area contributed by atoms with Gasteiger partial charge in [0.15, 0.2) is 0 Å².